The second-order valence-electron chi connectivity index (χ2n) is 8.38. The summed E-state index contributed by atoms with van der Waals surface area (Å²) in [7, 11) is 2.06. The van der Waals surface area contributed by atoms with E-state index >= 15 is 0 Å². The third-order valence-electron chi connectivity index (χ3n) is 6.13. The van der Waals surface area contributed by atoms with Crippen LogP contribution in [0.2, 0.25) is 5.02 Å². The molecule has 0 unspecified atom stereocenters. The van der Waals surface area contributed by atoms with E-state index in [4.69, 9.17) is 17.3 Å². The number of hydrogen-bond acceptors (Lipinski definition) is 7. The Bertz CT molecular complexity index is 977. The zero-order chi connectivity index (χ0) is 22.7. The van der Waals surface area contributed by atoms with Crippen LogP contribution in [0.5, 0.6) is 0 Å². The lowest BCUT2D eigenvalue weighted by Gasteiger charge is -2.32. The van der Waals surface area contributed by atoms with Crippen LogP contribution in [0.3, 0.4) is 0 Å². The van der Waals surface area contributed by atoms with Gasteiger partial charge in [0.15, 0.2) is 5.82 Å². The van der Waals surface area contributed by atoms with Crippen LogP contribution in [0, 0.1) is 5.92 Å². The van der Waals surface area contributed by atoms with Crippen LogP contribution in [-0.2, 0) is 4.79 Å². The van der Waals surface area contributed by atoms with Crippen LogP contribution in [0.25, 0.3) is 0 Å². The molecule has 10 heteroatoms. The van der Waals surface area contributed by atoms with E-state index in [2.05, 4.69) is 32.5 Å². The maximum atomic E-state index is 12.7. The summed E-state index contributed by atoms with van der Waals surface area (Å²) in [5.74, 6) is 0.324. The lowest BCUT2D eigenvalue weighted by Crippen LogP contribution is -2.47. The fraction of sp³-hybridized carbons (Fsp3) is 0.478. The van der Waals surface area contributed by atoms with Gasteiger partial charge in [-0.05, 0) is 44.2 Å². The minimum Gasteiger partial charge on any atom is -0.369 e. The number of nitrogens with two attached hydrogens (primary N) is 1. The molecule has 1 aliphatic carbocycles. The number of benzene rings is 1. The van der Waals surface area contributed by atoms with Crippen molar-refractivity contribution in [2.75, 3.05) is 43.9 Å². The molecule has 2 atom stereocenters. The third kappa shape index (κ3) is 5.91. The number of hydrogen-bond donors (Lipinski definition) is 3. The highest BCUT2D eigenvalue weighted by molar-refractivity contribution is 6.32. The minimum atomic E-state index is -0.310. The van der Waals surface area contributed by atoms with Crippen LogP contribution < -0.4 is 16.4 Å². The van der Waals surface area contributed by atoms with Gasteiger partial charge in [-0.25, -0.2) is 4.98 Å². The molecular formula is C23H32ClN7O2. The van der Waals surface area contributed by atoms with Gasteiger partial charge in [-0.1, -0.05) is 25.4 Å². The number of carbonyl (C=O) groups is 2. The van der Waals surface area contributed by atoms with Gasteiger partial charge in [0, 0.05) is 43.5 Å². The Kier molecular flexibility index (Phi) is 8.10. The lowest BCUT2D eigenvalue weighted by atomic mass is 10.0. The smallest absolute Gasteiger partial charge is 0.253 e. The minimum absolute atomic E-state index is 0. The fourth-order valence-corrected chi connectivity index (χ4v) is 4.34. The highest BCUT2D eigenvalue weighted by Crippen LogP contribution is 2.30. The molecule has 4 rings (SSSR count). The van der Waals surface area contributed by atoms with E-state index in [9.17, 15) is 9.59 Å². The van der Waals surface area contributed by atoms with E-state index < -0.39 is 0 Å². The number of aromatic nitrogens is 2. The summed E-state index contributed by atoms with van der Waals surface area (Å²) >= 11 is 6.27. The first-order valence-electron chi connectivity index (χ1n) is 10.8. The molecule has 0 spiro atoms. The quantitative estimate of drug-likeness (QED) is 0.590. The van der Waals surface area contributed by atoms with Crippen molar-refractivity contribution < 1.29 is 9.59 Å². The Balaban J connectivity index is 0.00000306. The molecule has 0 radical (unpaired) electrons. The summed E-state index contributed by atoms with van der Waals surface area (Å²) in [6, 6.07) is 7.16. The first kappa shape index (κ1) is 24.7. The second-order valence-corrected chi connectivity index (χ2v) is 8.79. The van der Waals surface area contributed by atoms with Crippen LogP contribution in [0.1, 0.15) is 37.0 Å². The summed E-state index contributed by atoms with van der Waals surface area (Å²) in [6.45, 7) is 3.25. The topological polar surface area (TPSA) is 116 Å². The monoisotopic (exact) mass is 473 g/mol. The maximum absolute atomic E-state index is 12.7. The van der Waals surface area contributed by atoms with E-state index in [1.807, 2.05) is 17.0 Å². The van der Waals surface area contributed by atoms with Crippen molar-refractivity contribution in [1.29, 1.82) is 0 Å². The maximum Gasteiger partial charge on any atom is 0.253 e. The van der Waals surface area contributed by atoms with Crippen molar-refractivity contribution in [3.05, 3.63) is 41.0 Å². The van der Waals surface area contributed by atoms with Gasteiger partial charge in [-0.15, -0.1) is 0 Å². The SMILES string of the molecule is C.CN1CCN(C(=O)c2ccc(Nc3ncc(Cl)c(N[C@@H]4CCC[C@@H]4C(N)=O)n3)cc2)CC1. The number of likely N-dealkylation sites (N-methyl/N-ethyl adjacent to an activating group) is 1. The number of rotatable bonds is 6. The van der Waals surface area contributed by atoms with Crippen molar-refractivity contribution in [2.45, 2.75) is 32.7 Å². The Labute approximate surface area is 199 Å². The summed E-state index contributed by atoms with van der Waals surface area (Å²) in [5, 5.41) is 6.76. The number of anilines is 3. The average Bonchev–Trinajstić information content (AvgIpc) is 3.25. The molecule has 2 aromatic rings. The van der Waals surface area contributed by atoms with E-state index in [1.165, 1.54) is 6.20 Å². The van der Waals surface area contributed by atoms with Gasteiger partial charge in [0.05, 0.1) is 12.1 Å². The Morgan fingerprint density at radius 3 is 2.48 bits per heavy atom. The van der Waals surface area contributed by atoms with Crippen molar-refractivity contribution in [1.82, 2.24) is 19.8 Å². The number of amides is 2. The Hall–Kier alpha value is -2.91. The van der Waals surface area contributed by atoms with Gasteiger partial charge in [0.1, 0.15) is 5.02 Å². The highest BCUT2D eigenvalue weighted by atomic mass is 35.5. The van der Waals surface area contributed by atoms with Gasteiger partial charge in [0.2, 0.25) is 11.9 Å². The van der Waals surface area contributed by atoms with Crippen molar-refractivity contribution in [3.8, 4) is 0 Å². The molecule has 1 aliphatic heterocycles. The molecule has 33 heavy (non-hydrogen) atoms. The predicted molar refractivity (Wildman–Crippen MR) is 131 cm³/mol. The molecule has 2 amide bonds. The van der Waals surface area contributed by atoms with Gasteiger partial charge in [0.25, 0.3) is 5.91 Å². The molecule has 1 aromatic heterocycles. The van der Waals surface area contributed by atoms with Crippen molar-refractivity contribution in [2.24, 2.45) is 11.7 Å². The molecule has 0 bridgehead atoms. The first-order valence-corrected chi connectivity index (χ1v) is 11.2. The summed E-state index contributed by atoms with van der Waals surface area (Å²) in [5.41, 5.74) is 6.92. The van der Waals surface area contributed by atoms with Crippen LogP contribution >= 0.6 is 11.6 Å². The summed E-state index contributed by atoms with van der Waals surface area (Å²) < 4.78 is 0. The second kappa shape index (κ2) is 10.8. The first-order chi connectivity index (χ1) is 15.4. The summed E-state index contributed by atoms with van der Waals surface area (Å²) in [4.78, 5) is 37.2. The van der Waals surface area contributed by atoms with E-state index in [0.717, 1.165) is 51.1 Å². The van der Waals surface area contributed by atoms with E-state index in [-0.39, 0.29) is 31.2 Å². The standard InChI is InChI=1S/C22H28ClN7O2.CH4/c1-29-9-11-30(12-10-29)21(32)14-5-7-15(8-6-14)26-22-25-13-17(23)20(28-22)27-18-4-2-3-16(18)19(24)31;/h5-8,13,16,18H,2-4,9-12H2,1H3,(H2,24,31)(H2,25,26,27,28);1H4/t16-,18+;/m0./s1. The molecule has 2 aliphatic rings. The molecule has 9 nitrogen and oxygen atoms in total. The number of halogens is 1. The normalized spacial score (nSPS) is 20.7. The molecule has 1 saturated heterocycles. The summed E-state index contributed by atoms with van der Waals surface area (Å²) in [6.07, 6.45) is 4.04. The fourth-order valence-electron chi connectivity index (χ4n) is 4.19. The third-order valence-corrected chi connectivity index (χ3v) is 6.40. The van der Waals surface area contributed by atoms with Gasteiger partial charge in [-0.2, -0.15) is 4.98 Å². The molecule has 2 heterocycles. The number of nitrogens with one attached hydrogen (secondary N) is 2. The molecule has 4 N–H and O–H groups in total. The molecule has 2 fully saturated rings. The Morgan fingerprint density at radius 2 is 1.82 bits per heavy atom. The van der Waals surface area contributed by atoms with Crippen molar-refractivity contribution >= 4 is 40.9 Å². The van der Waals surface area contributed by atoms with Gasteiger partial charge < -0.3 is 26.2 Å². The predicted octanol–water partition coefficient (Wildman–Crippen LogP) is 2.96. The number of piperazine rings is 1. The number of carbonyl (C=O) groups excluding carboxylic acids is 2. The van der Waals surface area contributed by atoms with Crippen LogP contribution in [0.15, 0.2) is 30.5 Å². The number of primary amides is 1. The van der Waals surface area contributed by atoms with Crippen molar-refractivity contribution in [3.63, 3.8) is 0 Å². The van der Waals surface area contributed by atoms with E-state index in [0.29, 0.717) is 22.4 Å². The average molecular weight is 474 g/mol. The largest absolute Gasteiger partial charge is 0.369 e. The van der Waals surface area contributed by atoms with E-state index in [1.54, 1.807) is 12.1 Å². The Morgan fingerprint density at radius 1 is 1.12 bits per heavy atom. The zero-order valence-electron chi connectivity index (χ0n) is 18.1. The lowest BCUT2D eigenvalue weighted by molar-refractivity contribution is -0.121. The number of nitrogens with zero attached hydrogens (tertiary/aromatic N) is 4. The molecule has 178 valence electrons. The molecule has 1 saturated carbocycles. The van der Waals surface area contributed by atoms with Gasteiger partial charge >= 0.3 is 0 Å². The van der Waals surface area contributed by atoms with Crippen LogP contribution in [-0.4, -0.2) is 70.9 Å². The zero-order valence-corrected chi connectivity index (χ0v) is 18.8. The highest BCUT2D eigenvalue weighted by Gasteiger charge is 2.32. The molecule has 1 aromatic carbocycles. The van der Waals surface area contributed by atoms with Crippen LogP contribution in [0.4, 0.5) is 17.5 Å². The van der Waals surface area contributed by atoms with Gasteiger partial charge in [-0.3, -0.25) is 9.59 Å². The molecular weight excluding hydrogens is 442 g/mol.